The summed E-state index contributed by atoms with van der Waals surface area (Å²) in [5.74, 6) is 1.01. The molecule has 0 aromatic heterocycles. The molecule has 0 aliphatic heterocycles. The maximum Gasteiger partial charge on any atom is 0.256 e. The van der Waals surface area contributed by atoms with Crippen molar-refractivity contribution in [2.24, 2.45) is 5.92 Å². The summed E-state index contributed by atoms with van der Waals surface area (Å²) in [5, 5.41) is 2.96. The molecule has 1 N–H and O–H groups in total. The van der Waals surface area contributed by atoms with Crippen LogP contribution in [-0.2, 0) is 14.3 Å². The highest BCUT2D eigenvalue weighted by molar-refractivity contribution is 5.97. The monoisotopic (exact) mass is 321 g/mol. The van der Waals surface area contributed by atoms with Gasteiger partial charge in [-0.3, -0.25) is 4.79 Å². The Labute approximate surface area is 138 Å². The lowest BCUT2D eigenvalue weighted by atomic mass is 9.98. The van der Waals surface area contributed by atoms with Gasteiger partial charge in [-0.1, -0.05) is 6.92 Å². The van der Waals surface area contributed by atoms with Crippen LogP contribution in [0.5, 0.6) is 5.75 Å². The van der Waals surface area contributed by atoms with Crippen LogP contribution in [0, 0.1) is 5.92 Å². The van der Waals surface area contributed by atoms with E-state index in [1.54, 1.807) is 7.11 Å². The van der Waals surface area contributed by atoms with E-state index < -0.39 is 5.60 Å². The van der Waals surface area contributed by atoms with Crippen LogP contribution in [0.1, 0.15) is 33.1 Å². The molecular weight excluding hydrogens is 294 g/mol. The molecule has 1 aliphatic carbocycles. The Hall–Kier alpha value is -1.59. The Morgan fingerprint density at radius 3 is 2.48 bits per heavy atom. The van der Waals surface area contributed by atoms with Crippen LogP contribution >= 0.6 is 0 Å². The van der Waals surface area contributed by atoms with E-state index in [-0.39, 0.29) is 5.91 Å². The van der Waals surface area contributed by atoms with Gasteiger partial charge >= 0.3 is 0 Å². The molecule has 0 radical (unpaired) electrons. The van der Waals surface area contributed by atoms with Gasteiger partial charge in [-0.15, -0.1) is 0 Å². The number of benzene rings is 1. The van der Waals surface area contributed by atoms with Crippen LogP contribution in [0.2, 0.25) is 0 Å². The van der Waals surface area contributed by atoms with Crippen LogP contribution in [0.3, 0.4) is 0 Å². The van der Waals surface area contributed by atoms with E-state index in [0.717, 1.165) is 30.7 Å². The van der Waals surface area contributed by atoms with Crippen molar-refractivity contribution in [3.8, 4) is 5.75 Å². The summed E-state index contributed by atoms with van der Waals surface area (Å²) in [5.41, 5.74) is 0.0185. The fraction of sp³-hybridized carbons (Fsp3) is 0.611. The second kappa shape index (κ2) is 8.31. The number of rotatable bonds is 10. The second-order valence-corrected chi connectivity index (χ2v) is 6.05. The summed E-state index contributed by atoms with van der Waals surface area (Å²) in [6.07, 6.45) is 3.02. The third kappa shape index (κ3) is 4.94. The molecule has 5 heteroatoms. The van der Waals surface area contributed by atoms with Gasteiger partial charge in [-0.25, -0.2) is 0 Å². The Bertz CT molecular complexity index is 498. The molecule has 2 rings (SSSR count). The summed E-state index contributed by atoms with van der Waals surface area (Å²) in [4.78, 5) is 12.6. The molecule has 23 heavy (non-hydrogen) atoms. The summed E-state index contributed by atoms with van der Waals surface area (Å²) in [6, 6.07) is 7.36. The quantitative estimate of drug-likeness (QED) is 0.672. The highest BCUT2D eigenvalue weighted by Gasteiger charge is 2.48. The van der Waals surface area contributed by atoms with E-state index in [0.29, 0.717) is 25.7 Å². The number of carbonyl (C=O) groups excluding carboxylic acids is 1. The first-order chi connectivity index (χ1) is 11.1. The van der Waals surface area contributed by atoms with E-state index in [1.165, 1.54) is 0 Å². The van der Waals surface area contributed by atoms with Crippen molar-refractivity contribution in [2.75, 3.05) is 32.2 Å². The largest absolute Gasteiger partial charge is 0.491 e. The lowest BCUT2D eigenvalue weighted by Gasteiger charge is -2.28. The van der Waals surface area contributed by atoms with Gasteiger partial charge in [0.1, 0.15) is 18.0 Å². The minimum Gasteiger partial charge on any atom is -0.491 e. The predicted octanol–water partition coefficient (Wildman–Crippen LogP) is 3.25. The summed E-state index contributed by atoms with van der Waals surface area (Å²) >= 11 is 0. The number of hydrogen-bond acceptors (Lipinski definition) is 4. The van der Waals surface area contributed by atoms with Gasteiger partial charge in [0.25, 0.3) is 5.91 Å². The minimum atomic E-state index is -0.732. The number of carbonyl (C=O) groups is 1. The smallest absolute Gasteiger partial charge is 0.256 e. The molecule has 1 amide bonds. The molecule has 1 atom stereocenters. The zero-order chi connectivity index (χ0) is 16.7. The maximum absolute atomic E-state index is 12.6. The Morgan fingerprint density at radius 2 is 1.91 bits per heavy atom. The van der Waals surface area contributed by atoms with Crippen LogP contribution in [0.15, 0.2) is 24.3 Å². The fourth-order valence-corrected chi connectivity index (χ4v) is 2.45. The maximum atomic E-state index is 12.6. The fourth-order valence-electron chi connectivity index (χ4n) is 2.45. The van der Waals surface area contributed by atoms with Crippen molar-refractivity contribution < 1.29 is 19.0 Å². The average molecular weight is 321 g/mol. The van der Waals surface area contributed by atoms with Crippen molar-refractivity contribution in [3.05, 3.63) is 24.3 Å². The van der Waals surface area contributed by atoms with Gasteiger partial charge in [-0.05, 0) is 56.4 Å². The van der Waals surface area contributed by atoms with Gasteiger partial charge in [0.15, 0.2) is 0 Å². The molecule has 0 bridgehead atoms. The molecular formula is C18H27NO4. The molecule has 1 fully saturated rings. The zero-order valence-corrected chi connectivity index (χ0v) is 14.3. The molecule has 128 valence electrons. The van der Waals surface area contributed by atoms with E-state index in [2.05, 4.69) is 5.32 Å². The molecule has 1 aromatic carbocycles. The summed E-state index contributed by atoms with van der Waals surface area (Å²) in [6.45, 7) is 5.61. The van der Waals surface area contributed by atoms with Gasteiger partial charge in [0, 0.05) is 19.4 Å². The predicted molar refractivity (Wildman–Crippen MR) is 89.8 cm³/mol. The van der Waals surface area contributed by atoms with E-state index in [9.17, 15) is 4.79 Å². The average Bonchev–Trinajstić information content (AvgIpc) is 3.39. The molecule has 5 nitrogen and oxygen atoms in total. The Balaban J connectivity index is 1.93. The standard InChI is InChI=1S/C18H27NO4/c1-4-11-23-18(2,14-5-6-14)17(20)19-15-7-9-16(10-8-15)22-13-12-21-3/h7-10,14H,4-6,11-13H2,1-3H3,(H,19,20). The Morgan fingerprint density at radius 1 is 1.22 bits per heavy atom. The zero-order valence-electron chi connectivity index (χ0n) is 14.3. The number of hydrogen-bond donors (Lipinski definition) is 1. The van der Waals surface area contributed by atoms with Crippen molar-refractivity contribution in [1.29, 1.82) is 0 Å². The first kappa shape index (κ1) is 17.8. The number of methoxy groups -OCH3 is 1. The van der Waals surface area contributed by atoms with Crippen LogP contribution in [0.4, 0.5) is 5.69 Å². The molecule has 1 saturated carbocycles. The SMILES string of the molecule is CCCOC(C)(C(=O)Nc1ccc(OCCOC)cc1)C1CC1. The first-order valence-corrected chi connectivity index (χ1v) is 8.27. The van der Waals surface area contributed by atoms with Gasteiger partial charge < -0.3 is 19.5 Å². The van der Waals surface area contributed by atoms with Crippen molar-refractivity contribution in [2.45, 2.75) is 38.7 Å². The summed E-state index contributed by atoms with van der Waals surface area (Å²) in [7, 11) is 1.64. The highest BCUT2D eigenvalue weighted by atomic mass is 16.5. The second-order valence-electron chi connectivity index (χ2n) is 6.05. The van der Waals surface area contributed by atoms with E-state index in [4.69, 9.17) is 14.2 Å². The minimum absolute atomic E-state index is 0.0681. The van der Waals surface area contributed by atoms with Gasteiger partial charge in [-0.2, -0.15) is 0 Å². The molecule has 0 spiro atoms. The number of amides is 1. The topological polar surface area (TPSA) is 56.8 Å². The third-order valence-electron chi connectivity index (χ3n) is 4.08. The number of nitrogens with one attached hydrogen (secondary N) is 1. The van der Waals surface area contributed by atoms with Crippen LogP contribution in [0.25, 0.3) is 0 Å². The van der Waals surface area contributed by atoms with Gasteiger partial charge in [0.05, 0.1) is 6.61 Å². The van der Waals surface area contributed by atoms with E-state index >= 15 is 0 Å². The lowest BCUT2D eigenvalue weighted by molar-refractivity contribution is -0.142. The van der Waals surface area contributed by atoms with Crippen molar-refractivity contribution >= 4 is 11.6 Å². The molecule has 1 unspecified atom stereocenters. The Kier molecular flexibility index (Phi) is 6.42. The molecule has 0 saturated heterocycles. The van der Waals surface area contributed by atoms with Gasteiger partial charge in [0.2, 0.25) is 0 Å². The normalized spacial score (nSPS) is 16.7. The first-order valence-electron chi connectivity index (χ1n) is 8.27. The van der Waals surface area contributed by atoms with Crippen LogP contribution < -0.4 is 10.1 Å². The third-order valence-corrected chi connectivity index (χ3v) is 4.08. The van der Waals surface area contributed by atoms with Crippen LogP contribution in [-0.4, -0.2) is 38.4 Å². The molecule has 1 aliphatic rings. The van der Waals surface area contributed by atoms with Crippen molar-refractivity contribution in [3.63, 3.8) is 0 Å². The highest BCUT2D eigenvalue weighted by Crippen LogP contribution is 2.42. The molecule has 0 heterocycles. The molecule has 1 aromatic rings. The number of anilines is 1. The van der Waals surface area contributed by atoms with E-state index in [1.807, 2.05) is 38.1 Å². The lowest BCUT2D eigenvalue weighted by Crippen LogP contribution is -2.45. The van der Waals surface area contributed by atoms with Crippen molar-refractivity contribution in [1.82, 2.24) is 0 Å². The number of ether oxygens (including phenoxy) is 3. The summed E-state index contributed by atoms with van der Waals surface area (Å²) < 4.78 is 16.3.